The Kier molecular flexibility index (Phi) is 3.83. The van der Waals surface area contributed by atoms with Crippen molar-refractivity contribution in [3.63, 3.8) is 0 Å². The third-order valence-corrected chi connectivity index (χ3v) is 6.04. The van der Waals surface area contributed by atoms with Crippen molar-refractivity contribution in [2.45, 2.75) is 12.5 Å². The molecule has 10 heteroatoms. The lowest BCUT2D eigenvalue weighted by molar-refractivity contribution is 0.174. The molecule has 132 valence electrons. The van der Waals surface area contributed by atoms with E-state index in [-0.39, 0.29) is 24.3 Å². The van der Waals surface area contributed by atoms with Crippen LogP contribution in [0.25, 0.3) is 0 Å². The first-order valence-corrected chi connectivity index (χ1v) is 9.62. The lowest BCUT2D eigenvalue weighted by Gasteiger charge is -2.24. The number of benzene rings is 1. The van der Waals surface area contributed by atoms with Crippen molar-refractivity contribution < 1.29 is 17.9 Å². The normalized spacial score (nSPS) is 20.4. The van der Waals surface area contributed by atoms with Gasteiger partial charge in [0.15, 0.2) is 27.2 Å². The van der Waals surface area contributed by atoms with Crippen molar-refractivity contribution in [3.05, 3.63) is 24.4 Å². The van der Waals surface area contributed by atoms with Gasteiger partial charge in [0.05, 0.1) is 17.7 Å². The lowest BCUT2D eigenvalue weighted by atomic mass is 10.2. The summed E-state index contributed by atoms with van der Waals surface area (Å²) in [6, 6.07) is 5.33. The second kappa shape index (κ2) is 6.03. The minimum Gasteiger partial charge on any atom is -0.454 e. The Balaban J connectivity index is 1.51. The van der Waals surface area contributed by atoms with Crippen LogP contribution >= 0.6 is 0 Å². The van der Waals surface area contributed by atoms with Gasteiger partial charge in [0.1, 0.15) is 0 Å². The maximum absolute atomic E-state index is 11.7. The van der Waals surface area contributed by atoms with Crippen LogP contribution in [-0.4, -0.2) is 55.0 Å². The molecule has 3 heterocycles. The SMILES string of the molecule is CN(c1cnnc(Nc2ccc3c(c2)OCO3)n1)C1CCS(=O)(=O)C1. The first-order valence-electron chi connectivity index (χ1n) is 7.80. The standard InChI is InChI=1S/C15H17N5O4S/c1-20(11-4-5-25(21,22)8-11)14-7-16-19-15(18-14)17-10-2-3-12-13(6-10)24-9-23-12/h2-3,6-7,11H,4-5,8-9H2,1H3,(H,17,18,19). The highest BCUT2D eigenvalue weighted by atomic mass is 32.2. The van der Waals surface area contributed by atoms with Crippen LogP contribution in [0.15, 0.2) is 24.4 Å². The van der Waals surface area contributed by atoms with Crippen LogP contribution in [0.2, 0.25) is 0 Å². The van der Waals surface area contributed by atoms with Crippen molar-refractivity contribution in [1.29, 1.82) is 0 Å². The molecule has 0 radical (unpaired) electrons. The summed E-state index contributed by atoms with van der Waals surface area (Å²) in [6.07, 6.45) is 2.11. The Hall–Kier alpha value is -2.62. The molecule has 0 aliphatic carbocycles. The van der Waals surface area contributed by atoms with E-state index in [4.69, 9.17) is 9.47 Å². The van der Waals surface area contributed by atoms with E-state index >= 15 is 0 Å². The van der Waals surface area contributed by atoms with Gasteiger partial charge < -0.3 is 19.7 Å². The van der Waals surface area contributed by atoms with Crippen molar-refractivity contribution >= 4 is 27.3 Å². The Morgan fingerprint density at radius 2 is 2.12 bits per heavy atom. The minimum absolute atomic E-state index is 0.0971. The van der Waals surface area contributed by atoms with E-state index in [2.05, 4.69) is 20.5 Å². The van der Waals surface area contributed by atoms with E-state index < -0.39 is 9.84 Å². The Bertz CT molecular complexity index is 905. The average Bonchev–Trinajstić information content (AvgIpc) is 3.20. The van der Waals surface area contributed by atoms with E-state index in [9.17, 15) is 8.42 Å². The number of nitrogens with zero attached hydrogens (tertiary/aromatic N) is 4. The molecule has 9 nitrogen and oxygen atoms in total. The number of sulfone groups is 1. The molecule has 1 aromatic heterocycles. The van der Waals surface area contributed by atoms with Gasteiger partial charge in [0, 0.05) is 24.8 Å². The summed E-state index contributed by atoms with van der Waals surface area (Å²) in [5.41, 5.74) is 0.745. The fraction of sp³-hybridized carbons (Fsp3) is 0.400. The molecule has 0 saturated carbocycles. The zero-order valence-corrected chi connectivity index (χ0v) is 14.4. The molecule has 1 unspecified atom stereocenters. The molecular weight excluding hydrogens is 346 g/mol. The van der Waals surface area contributed by atoms with Gasteiger partial charge in [-0.1, -0.05) is 0 Å². The number of nitrogens with one attached hydrogen (secondary N) is 1. The number of hydrogen-bond donors (Lipinski definition) is 1. The van der Waals surface area contributed by atoms with E-state index in [1.807, 2.05) is 18.0 Å². The molecule has 1 N–H and O–H groups in total. The predicted molar refractivity (Wildman–Crippen MR) is 91.1 cm³/mol. The molecule has 2 aliphatic heterocycles. The predicted octanol–water partition coefficient (Wildman–Crippen LogP) is 0.967. The molecule has 0 amide bonds. The van der Waals surface area contributed by atoms with E-state index in [0.717, 1.165) is 5.69 Å². The molecule has 4 rings (SSSR count). The number of hydrogen-bond acceptors (Lipinski definition) is 9. The summed E-state index contributed by atoms with van der Waals surface area (Å²) in [5.74, 6) is 2.59. The molecule has 1 fully saturated rings. The van der Waals surface area contributed by atoms with Crippen molar-refractivity contribution in [3.8, 4) is 11.5 Å². The minimum atomic E-state index is -2.96. The van der Waals surface area contributed by atoms with Gasteiger partial charge >= 0.3 is 0 Å². The molecule has 1 atom stereocenters. The number of ether oxygens (including phenoxy) is 2. The van der Waals surface area contributed by atoms with Crippen molar-refractivity contribution in [1.82, 2.24) is 15.2 Å². The Labute approximate surface area is 144 Å². The average molecular weight is 363 g/mol. The van der Waals surface area contributed by atoms with Gasteiger partial charge in [-0.2, -0.15) is 10.1 Å². The molecule has 2 aliphatic rings. The van der Waals surface area contributed by atoms with Crippen LogP contribution < -0.4 is 19.7 Å². The molecule has 2 aromatic rings. The largest absolute Gasteiger partial charge is 0.454 e. The van der Waals surface area contributed by atoms with E-state index in [0.29, 0.717) is 29.7 Å². The van der Waals surface area contributed by atoms with E-state index in [1.54, 1.807) is 12.1 Å². The second-order valence-electron chi connectivity index (χ2n) is 6.00. The van der Waals surface area contributed by atoms with Crippen LogP contribution in [-0.2, 0) is 9.84 Å². The summed E-state index contributed by atoms with van der Waals surface area (Å²) in [5, 5.41) is 11.0. The van der Waals surface area contributed by atoms with E-state index in [1.165, 1.54) is 6.20 Å². The zero-order valence-electron chi connectivity index (χ0n) is 13.5. The zero-order chi connectivity index (χ0) is 17.4. The maximum atomic E-state index is 11.7. The monoisotopic (exact) mass is 363 g/mol. The van der Waals surface area contributed by atoms with Gasteiger partial charge in [-0.15, -0.1) is 5.10 Å². The second-order valence-corrected chi connectivity index (χ2v) is 8.23. The van der Waals surface area contributed by atoms with Crippen LogP contribution in [0.3, 0.4) is 0 Å². The molecule has 1 aromatic carbocycles. The molecule has 0 spiro atoms. The van der Waals surface area contributed by atoms with Crippen molar-refractivity contribution in [2.75, 3.05) is 35.6 Å². The van der Waals surface area contributed by atoms with Gasteiger partial charge in [-0.25, -0.2) is 8.42 Å². The first-order chi connectivity index (χ1) is 12.0. The van der Waals surface area contributed by atoms with Crippen LogP contribution in [0.1, 0.15) is 6.42 Å². The number of anilines is 3. The number of fused-ring (bicyclic) bond motifs is 1. The number of rotatable bonds is 4. The quantitative estimate of drug-likeness (QED) is 0.850. The van der Waals surface area contributed by atoms with Crippen LogP contribution in [0.5, 0.6) is 11.5 Å². The highest BCUT2D eigenvalue weighted by Gasteiger charge is 2.31. The highest BCUT2D eigenvalue weighted by Crippen LogP contribution is 2.34. The molecule has 0 bridgehead atoms. The summed E-state index contributed by atoms with van der Waals surface area (Å²) in [7, 11) is -1.14. The first kappa shape index (κ1) is 15.9. The van der Waals surface area contributed by atoms with Crippen molar-refractivity contribution in [2.24, 2.45) is 0 Å². The lowest BCUT2D eigenvalue weighted by Crippen LogP contribution is -2.33. The fourth-order valence-corrected chi connectivity index (χ4v) is 4.66. The summed E-state index contributed by atoms with van der Waals surface area (Å²) >= 11 is 0. The third-order valence-electron chi connectivity index (χ3n) is 4.29. The Morgan fingerprint density at radius 1 is 1.28 bits per heavy atom. The van der Waals surface area contributed by atoms with Gasteiger partial charge in [-0.05, 0) is 18.6 Å². The topological polar surface area (TPSA) is 107 Å². The summed E-state index contributed by atoms with van der Waals surface area (Å²) in [6.45, 7) is 0.210. The van der Waals surface area contributed by atoms with Gasteiger partial charge in [-0.3, -0.25) is 0 Å². The maximum Gasteiger partial charge on any atom is 0.249 e. The molecular formula is C15H17N5O4S. The number of aromatic nitrogens is 3. The van der Waals surface area contributed by atoms with Gasteiger partial charge in [0.25, 0.3) is 0 Å². The fourth-order valence-electron chi connectivity index (χ4n) is 2.89. The highest BCUT2D eigenvalue weighted by molar-refractivity contribution is 7.91. The summed E-state index contributed by atoms with van der Waals surface area (Å²) in [4.78, 5) is 6.27. The smallest absolute Gasteiger partial charge is 0.249 e. The van der Waals surface area contributed by atoms with Crippen LogP contribution in [0, 0.1) is 0 Å². The van der Waals surface area contributed by atoms with Gasteiger partial charge in [0.2, 0.25) is 12.7 Å². The third kappa shape index (κ3) is 3.29. The molecule has 1 saturated heterocycles. The molecule has 25 heavy (non-hydrogen) atoms. The van der Waals surface area contributed by atoms with Crippen LogP contribution in [0.4, 0.5) is 17.5 Å². The summed E-state index contributed by atoms with van der Waals surface area (Å²) < 4.78 is 34.0. The Morgan fingerprint density at radius 3 is 2.92 bits per heavy atom.